The van der Waals surface area contributed by atoms with Crippen LogP contribution in [0.4, 0.5) is 0 Å². The van der Waals surface area contributed by atoms with E-state index in [0.717, 1.165) is 24.2 Å². The number of nitrogens with zero attached hydrogens (tertiary/aromatic N) is 1. The lowest BCUT2D eigenvalue weighted by Crippen LogP contribution is -2.14. The molecule has 28 heavy (non-hydrogen) atoms. The summed E-state index contributed by atoms with van der Waals surface area (Å²) in [4.78, 5) is 0. The van der Waals surface area contributed by atoms with Crippen molar-refractivity contribution in [3.63, 3.8) is 0 Å². The number of allylic oxidation sites excluding steroid dienone is 6. The summed E-state index contributed by atoms with van der Waals surface area (Å²) in [6.45, 7) is 2.23. The maximum atomic E-state index is 8.52. The van der Waals surface area contributed by atoms with E-state index < -0.39 is 0 Å². The van der Waals surface area contributed by atoms with Gasteiger partial charge in [-0.2, -0.15) is 5.26 Å². The van der Waals surface area contributed by atoms with Crippen LogP contribution in [0, 0.1) is 29.1 Å². The molecular weight excluding hydrogens is 338 g/mol. The lowest BCUT2D eigenvalue weighted by atomic mass is 9.77. The van der Waals surface area contributed by atoms with Gasteiger partial charge in [-0.25, -0.2) is 0 Å². The number of hydrogen-bond acceptors (Lipinski definition) is 1. The Labute approximate surface area is 171 Å². The molecule has 2 fully saturated rings. The van der Waals surface area contributed by atoms with Crippen molar-refractivity contribution in [2.45, 2.75) is 70.6 Å². The maximum absolute atomic E-state index is 8.52. The third-order valence-corrected chi connectivity index (χ3v) is 6.77. The zero-order chi connectivity index (χ0) is 19.6. The third-order valence-electron chi connectivity index (χ3n) is 6.77. The summed E-state index contributed by atoms with van der Waals surface area (Å²) in [5.74, 6) is 3.04. The van der Waals surface area contributed by atoms with Crippen LogP contribution in [0.1, 0.15) is 75.3 Å². The van der Waals surface area contributed by atoms with Gasteiger partial charge >= 0.3 is 0 Å². The van der Waals surface area contributed by atoms with Gasteiger partial charge in [0, 0.05) is 6.08 Å². The molecule has 1 heteroatoms. The Kier molecular flexibility index (Phi) is 8.16. The number of aryl methyl sites for hydroxylation is 1. The summed E-state index contributed by atoms with van der Waals surface area (Å²) < 4.78 is 0. The summed E-state index contributed by atoms with van der Waals surface area (Å²) in [6.07, 6.45) is 24.5. The number of benzene rings is 1. The van der Waals surface area contributed by atoms with Crippen LogP contribution in [0.25, 0.3) is 0 Å². The van der Waals surface area contributed by atoms with E-state index in [4.69, 9.17) is 5.26 Å². The van der Waals surface area contributed by atoms with Crippen molar-refractivity contribution in [2.75, 3.05) is 0 Å². The predicted molar refractivity (Wildman–Crippen MR) is 119 cm³/mol. The molecule has 0 bridgehead atoms. The van der Waals surface area contributed by atoms with Gasteiger partial charge in [-0.15, -0.1) is 0 Å². The smallest absolute Gasteiger partial charge is 0.0912 e. The molecule has 148 valence electrons. The Hall–Kier alpha value is -2.07. The second kappa shape index (κ2) is 11.1. The molecule has 0 N–H and O–H groups in total. The highest BCUT2D eigenvalue weighted by atomic mass is 14.3. The minimum Gasteiger partial charge on any atom is -0.193 e. The van der Waals surface area contributed by atoms with Gasteiger partial charge in [0.25, 0.3) is 0 Å². The van der Waals surface area contributed by atoms with Crippen LogP contribution >= 0.6 is 0 Å². The molecule has 0 amide bonds. The summed E-state index contributed by atoms with van der Waals surface area (Å²) in [7, 11) is 0. The predicted octanol–water partition coefficient (Wildman–Crippen LogP) is 7.52. The van der Waals surface area contributed by atoms with Crippen LogP contribution < -0.4 is 0 Å². The minimum absolute atomic E-state index is 0.697. The minimum atomic E-state index is 0.697. The molecule has 2 aliphatic carbocycles. The lowest BCUT2D eigenvalue weighted by Gasteiger charge is -2.28. The van der Waals surface area contributed by atoms with Crippen molar-refractivity contribution < 1.29 is 0 Å². The zero-order valence-electron chi connectivity index (χ0n) is 17.4. The van der Waals surface area contributed by atoms with Crippen LogP contribution in [-0.4, -0.2) is 0 Å². The van der Waals surface area contributed by atoms with E-state index in [2.05, 4.69) is 49.4 Å². The van der Waals surface area contributed by atoms with Crippen LogP contribution in [-0.2, 0) is 6.42 Å². The fourth-order valence-electron chi connectivity index (χ4n) is 4.83. The molecule has 0 unspecified atom stereocenters. The quantitative estimate of drug-likeness (QED) is 0.287. The van der Waals surface area contributed by atoms with Crippen LogP contribution in [0.5, 0.6) is 0 Å². The monoisotopic (exact) mass is 373 g/mol. The summed E-state index contributed by atoms with van der Waals surface area (Å²) in [6, 6.07) is 11.4. The summed E-state index contributed by atoms with van der Waals surface area (Å²) in [5, 5.41) is 8.52. The van der Waals surface area contributed by atoms with Gasteiger partial charge in [0.1, 0.15) is 0 Å². The van der Waals surface area contributed by atoms with Gasteiger partial charge in [0.15, 0.2) is 0 Å². The summed E-state index contributed by atoms with van der Waals surface area (Å²) in [5.41, 5.74) is 3.00. The van der Waals surface area contributed by atoms with E-state index in [1.165, 1.54) is 56.9 Å². The van der Waals surface area contributed by atoms with Crippen LogP contribution in [0.2, 0.25) is 0 Å². The van der Waals surface area contributed by atoms with Crippen molar-refractivity contribution in [1.29, 1.82) is 5.26 Å². The maximum Gasteiger partial charge on any atom is 0.0912 e. The first-order valence-corrected chi connectivity index (χ1v) is 11.3. The van der Waals surface area contributed by atoms with Crippen molar-refractivity contribution in [3.05, 3.63) is 71.8 Å². The van der Waals surface area contributed by atoms with Gasteiger partial charge in [0.2, 0.25) is 0 Å². The lowest BCUT2D eigenvalue weighted by molar-refractivity contribution is 0.348. The molecule has 2 saturated carbocycles. The topological polar surface area (TPSA) is 23.8 Å². The highest BCUT2D eigenvalue weighted by Crippen LogP contribution is 2.37. The van der Waals surface area contributed by atoms with Crippen molar-refractivity contribution >= 4 is 0 Å². The first kappa shape index (κ1) is 20.7. The van der Waals surface area contributed by atoms with Gasteiger partial charge in [-0.05, 0) is 92.6 Å². The van der Waals surface area contributed by atoms with Crippen LogP contribution in [0.15, 0.2) is 60.7 Å². The molecule has 3 rings (SSSR count). The van der Waals surface area contributed by atoms with E-state index >= 15 is 0 Å². The van der Waals surface area contributed by atoms with Crippen molar-refractivity contribution in [1.82, 2.24) is 0 Å². The van der Waals surface area contributed by atoms with Crippen molar-refractivity contribution in [3.8, 4) is 6.07 Å². The molecule has 0 aliphatic heterocycles. The highest BCUT2D eigenvalue weighted by Gasteiger charge is 2.22. The van der Waals surface area contributed by atoms with Gasteiger partial charge in [-0.1, -0.05) is 61.6 Å². The Morgan fingerprint density at radius 2 is 1.32 bits per heavy atom. The van der Waals surface area contributed by atoms with Crippen LogP contribution in [0.3, 0.4) is 0 Å². The van der Waals surface area contributed by atoms with E-state index in [0.29, 0.717) is 5.92 Å². The Bertz CT molecular complexity index is 700. The average Bonchev–Trinajstić information content (AvgIpc) is 2.76. The SMILES string of the molecule is CCc1ccc([C@H]2CC[C@H](C=C[C@H]3CC[C@H](C=CC=CC#N)CC3)CC2)cc1. The number of nitriles is 1. The normalized spacial score (nSPS) is 28.9. The highest BCUT2D eigenvalue weighted by molar-refractivity contribution is 5.26. The molecule has 0 saturated heterocycles. The molecule has 1 nitrogen and oxygen atoms in total. The van der Waals surface area contributed by atoms with E-state index in [9.17, 15) is 0 Å². The van der Waals surface area contributed by atoms with Gasteiger partial charge in [-0.3, -0.25) is 0 Å². The molecule has 0 heterocycles. The zero-order valence-corrected chi connectivity index (χ0v) is 17.4. The Morgan fingerprint density at radius 1 is 0.786 bits per heavy atom. The molecule has 0 atom stereocenters. The molecule has 2 aliphatic rings. The molecule has 1 aromatic rings. The molecular formula is C27H35N. The fourth-order valence-corrected chi connectivity index (χ4v) is 4.83. The first-order valence-electron chi connectivity index (χ1n) is 11.3. The standard InChI is InChI=1S/C27H35N/c1-2-22-13-17-26(18-14-22)27-19-15-25(16-20-27)12-11-24-9-7-23(8-10-24)6-4-3-5-21-28/h3-6,11-14,17-18,23-25,27H,2,7-10,15-16,19-20H2,1H3/t23-,24-,25-,27-. The number of rotatable bonds is 6. The molecule has 1 aromatic carbocycles. The second-order valence-electron chi connectivity index (χ2n) is 8.64. The van der Waals surface area contributed by atoms with E-state index in [1.807, 2.05) is 18.2 Å². The largest absolute Gasteiger partial charge is 0.193 e. The second-order valence-corrected chi connectivity index (χ2v) is 8.64. The van der Waals surface area contributed by atoms with Gasteiger partial charge in [0.05, 0.1) is 6.07 Å². The van der Waals surface area contributed by atoms with Gasteiger partial charge < -0.3 is 0 Å². The summed E-state index contributed by atoms with van der Waals surface area (Å²) >= 11 is 0. The van der Waals surface area contributed by atoms with Crippen molar-refractivity contribution in [2.24, 2.45) is 17.8 Å². The van der Waals surface area contributed by atoms with E-state index in [-0.39, 0.29) is 0 Å². The van der Waals surface area contributed by atoms with E-state index in [1.54, 1.807) is 11.6 Å². The number of hydrogen-bond donors (Lipinski definition) is 0. The molecule has 0 radical (unpaired) electrons. The molecule has 0 spiro atoms. The fraction of sp³-hybridized carbons (Fsp3) is 0.519. The average molecular weight is 374 g/mol. The third kappa shape index (κ3) is 6.23. The Balaban J connectivity index is 1.39. The Morgan fingerprint density at radius 3 is 1.86 bits per heavy atom. The first-order chi connectivity index (χ1) is 13.8. The molecule has 0 aromatic heterocycles.